The molecule has 2 rings (SSSR count). The van der Waals surface area contributed by atoms with Crippen LogP contribution in [0.3, 0.4) is 0 Å². The minimum Gasteiger partial charge on any atom is -0.314 e. The minimum atomic E-state index is -0.0928. The zero-order chi connectivity index (χ0) is 13.8. The molecule has 0 saturated carbocycles. The van der Waals surface area contributed by atoms with Gasteiger partial charge < -0.3 is 5.32 Å². The van der Waals surface area contributed by atoms with Crippen molar-refractivity contribution in [2.75, 3.05) is 26.2 Å². The highest BCUT2D eigenvalue weighted by Crippen LogP contribution is 2.29. The van der Waals surface area contributed by atoms with Crippen molar-refractivity contribution < 1.29 is 4.39 Å². The maximum atomic E-state index is 14.2. The fraction of sp³-hybridized carbons (Fsp3) is 0.500. The van der Waals surface area contributed by atoms with E-state index in [4.69, 9.17) is 0 Å². The average molecular weight is 262 g/mol. The molecular formula is C16H23FN2. The lowest BCUT2D eigenvalue weighted by Gasteiger charge is -2.35. The molecule has 1 aromatic carbocycles. The van der Waals surface area contributed by atoms with Crippen molar-refractivity contribution in [1.29, 1.82) is 0 Å². The van der Waals surface area contributed by atoms with Gasteiger partial charge in [0.25, 0.3) is 0 Å². The van der Waals surface area contributed by atoms with Crippen molar-refractivity contribution in [3.63, 3.8) is 0 Å². The highest BCUT2D eigenvalue weighted by Gasteiger charge is 2.24. The fourth-order valence-corrected chi connectivity index (χ4v) is 2.66. The maximum Gasteiger partial charge on any atom is 0.128 e. The Labute approximate surface area is 115 Å². The van der Waals surface area contributed by atoms with E-state index in [9.17, 15) is 4.39 Å². The average Bonchev–Trinajstić information content (AvgIpc) is 2.37. The van der Waals surface area contributed by atoms with Crippen LogP contribution in [0.1, 0.15) is 30.5 Å². The van der Waals surface area contributed by atoms with Crippen LogP contribution in [0, 0.1) is 12.7 Å². The molecule has 0 spiro atoms. The van der Waals surface area contributed by atoms with Crippen molar-refractivity contribution in [2.45, 2.75) is 26.3 Å². The van der Waals surface area contributed by atoms with Crippen LogP contribution < -0.4 is 5.32 Å². The summed E-state index contributed by atoms with van der Waals surface area (Å²) in [6.07, 6.45) is 0.819. The van der Waals surface area contributed by atoms with Crippen LogP contribution in [0.15, 0.2) is 30.4 Å². The van der Waals surface area contributed by atoms with E-state index in [0.29, 0.717) is 0 Å². The van der Waals surface area contributed by atoms with Crippen molar-refractivity contribution in [3.8, 4) is 0 Å². The predicted octanol–water partition coefficient (Wildman–Crippen LogP) is 3.05. The maximum absolute atomic E-state index is 14.2. The molecule has 1 aromatic rings. The molecular weight excluding hydrogens is 239 g/mol. The molecule has 1 aliphatic rings. The van der Waals surface area contributed by atoms with E-state index in [1.807, 2.05) is 26.0 Å². The van der Waals surface area contributed by atoms with Gasteiger partial charge in [-0.25, -0.2) is 4.39 Å². The minimum absolute atomic E-state index is 0.0928. The molecule has 0 aliphatic carbocycles. The molecule has 0 aromatic heterocycles. The molecule has 0 amide bonds. The Balaban J connectivity index is 2.27. The molecule has 1 N–H and O–H groups in total. The first-order valence-electron chi connectivity index (χ1n) is 6.93. The Morgan fingerprint density at radius 3 is 2.68 bits per heavy atom. The Hall–Kier alpha value is -1.19. The lowest BCUT2D eigenvalue weighted by Crippen LogP contribution is -2.45. The molecule has 2 nitrogen and oxygen atoms in total. The summed E-state index contributed by atoms with van der Waals surface area (Å²) in [4.78, 5) is 2.36. The van der Waals surface area contributed by atoms with Gasteiger partial charge in [-0.3, -0.25) is 4.90 Å². The van der Waals surface area contributed by atoms with Gasteiger partial charge in [-0.05, 0) is 31.9 Å². The van der Waals surface area contributed by atoms with Gasteiger partial charge in [-0.1, -0.05) is 17.7 Å². The van der Waals surface area contributed by atoms with Gasteiger partial charge in [-0.15, -0.1) is 6.58 Å². The third kappa shape index (κ3) is 3.64. The molecule has 0 radical (unpaired) electrons. The van der Waals surface area contributed by atoms with Crippen LogP contribution in [0.2, 0.25) is 0 Å². The van der Waals surface area contributed by atoms with Gasteiger partial charge in [0.15, 0.2) is 0 Å². The molecule has 1 heterocycles. The summed E-state index contributed by atoms with van der Waals surface area (Å²) in [7, 11) is 0. The summed E-state index contributed by atoms with van der Waals surface area (Å²) in [5, 5.41) is 3.34. The van der Waals surface area contributed by atoms with Gasteiger partial charge in [0.05, 0.1) is 0 Å². The van der Waals surface area contributed by atoms with Crippen LogP contribution in [-0.2, 0) is 0 Å². The lowest BCUT2D eigenvalue weighted by molar-refractivity contribution is 0.169. The normalized spacial score (nSPS) is 18.3. The Bertz CT molecular complexity index is 450. The highest BCUT2D eigenvalue weighted by molar-refractivity contribution is 5.27. The Kier molecular flexibility index (Phi) is 4.72. The van der Waals surface area contributed by atoms with Crippen LogP contribution >= 0.6 is 0 Å². The monoisotopic (exact) mass is 262 g/mol. The summed E-state index contributed by atoms with van der Waals surface area (Å²) >= 11 is 0. The molecule has 19 heavy (non-hydrogen) atoms. The van der Waals surface area contributed by atoms with E-state index < -0.39 is 0 Å². The number of hydrogen-bond acceptors (Lipinski definition) is 2. The van der Waals surface area contributed by atoms with E-state index in [0.717, 1.165) is 49.3 Å². The second-order valence-corrected chi connectivity index (χ2v) is 5.49. The standard InChI is InChI=1S/C16H23FN2/c1-12(2)10-16(19-8-6-18-7-9-19)14-5-4-13(3)11-15(14)17/h4-5,11,16,18H,1,6-10H2,2-3H3/t16-/m1/s1. The summed E-state index contributed by atoms with van der Waals surface area (Å²) in [5.74, 6) is -0.0928. The van der Waals surface area contributed by atoms with Gasteiger partial charge in [0.1, 0.15) is 5.82 Å². The van der Waals surface area contributed by atoms with Crippen molar-refractivity contribution in [3.05, 3.63) is 47.3 Å². The molecule has 1 saturated heterocycles. The zero-order valence-corrected chi connectivity index (χ0v) is 11.9. The van der Waals surface area contributed by atoms with E-state index >= 15 is 0 Å². The third-order valence-electron chi connectivity index (χ3n) is 3.65. The number of nitrogens with zero attached hydrogens (tertiary/aromatic N) is 1. The summed E-state index contributed by atoms with van der Waals surface area (Å²) in [6.45, 7) is 11.8. The van der Waals surface area contributed by atoms with Crippen LogP contribution in [0.25, 0.3) is 0 Å². The number of hydrogen-bond donors (Lipinski definition) is 1. The van der Waals surface area contributed by atoms with E-state index in [1.165, 1.54) is 0 Å². The van der Waals surface area contributed by atoms with Crippen LogP contribution in [-0.4, -0.2) is 31.1 Å². The predicted molar refractivity (Wildman–Crippen MR) is 77.8 cm³/mol. The van der Waals surface area contributed by atoms with Crippen LogP contribution in [0.4, 0.5) is 4.39 Å². The van der Waals surface area contributed by atoms with E-state index in [2.05, 4.69) is 16.8 Å². The first-order chi connectivity index (χ1) is 9.08. The molecule has 1 fully saturated rings. The number of benzene rings is 1. The Morgan fingerprint density at radius 1 is 1.42 bits per heavy atom. The summed E-state index contributed by atoms with van der Waals surface area (Å²) in [6, 6.07) is 5.66. The number of halogens is 1. The second-order valence-electron chi connectivity index (χ2n) is 5.49. The van der Waals surface area contributed by atoms with Gasteiger partial charge in [-0.2, -0.15) is 0 Å². The largest absolute Gasteiger partial charge is 0.314 e. The number of aryl methyl sites for hydroxylation is 1. The summed E-state index contributed by atoms with van der Waals surface area (Å²) < 4.78 is 14.2. The third-order valence-corrected chi connectivity index (χ3v) is 3.65. The smallest absolute Gasteiger partial charge is 0.128 e. The molecule has 1 aliphatic heterocycles. The molecule has 3 heteroatoms. The second kappa shape index (κ2) is 6.31. The highest BCUT2D eigenvalue weighted by atomic mass is 19.1. The molecule has 104 valence electrons. The molecule has 0 bridgehead atoms. The van der Waals surface area contributed by atoms with E-state index in [-0.39, 0.29) is 11.9 Å². The first kappa shape index (κ1) is 14.2. The quantitative estimate of drug-likeness (QED) is 0.839. The van der Waals surface area contributed by atoms with E-state index in [1.54, 1.807) is 6.07 Å². The number of piperazine rings is 1. The first-order valence-corrected chi connectivity index (χ1v) is 6.93. The van der Waals surface area contributed by atoms with Gasteiger partial charge in [0, 0.05) is 37.8 Å². The number of rotatable bonds is 4. The van der Waals surface area contributed by atoms with Gasteiger partial charge >= 0.3 is 0 Å². The topological polar surface area (TPSA) is 15.3 Å². The molecule has 0 unspecified atom stereocenters. The number of nitrogens with one attached hydrogen (secondary N) is 1. The van der Waals surface area contributed by atoms with Crippen molar-refractivity contribution >= 4 is 0 Å². The van der Waals surface area contributed by atoms with Gasteiger partial charge in [0.2, 0.25) is 0 Å². The molecule has 1 atom stereocenters. The zero-order valence-electron chi connectivity index (χ0n) is 11.9. The lowest BCUT2D eigenvalue weighted by atomic mass is 9.96. The summed E-state index contributed by atoms with van der Waals surface area (Å²) in [5.41, 5.74) is 2.87. The van der Waals surface area contributed by atoms with Crippen LogP contribution in [0.5, 0.6) is 0 Å². The SMILES string of the molecule is C=C(C)C[C@H](c1ccc(C)cc1F)N1CCNCC1. The van der Waals surface area contributed by atoms with Crippen molar-refractivity contribution in [2.24, 2.45) is 0 Å². The van der Waals surface area contributed by atoms with Crippen molar-refractivity contribution in [1.82, 2.24) is 10.2 Å². The Morgan fingerprint density at radius 2 is 2.11 bits per heavy atom. The fourth-order valence-electron chi connectivity index (χ4n) is 2.66.